The minimum atomic E-state index is 0.439. The molecule has 2 aromatic heterocycles. The highest BCUT2D eigenvalue weighted by atomic mass is 32.1. The van der Waals surface area contributed by atoms with Gasteiger partial charge in [-0.15, -0.1) is 11.3 Å². The predicted molar refractivity (Wildman–Crippen MR) is 66.9 cm³/mol. The van der Waals surface area contributed by atoms with E-state index in [1.165, 1.54) is 5.69 Å². The highest BCUT2D eigenvalue weighted by Gasteiger charge is 2.11. The minimum absolute atomic E-state index is 0.439. The van der Waals surface area contributed by atoms with Crippen molar-refractivity contribution in [2.45, 2.75) is 39.0 Å². The Morgan fingerprint density at radius 1 is 1.38 bits per heavy atom. The van der Waals surface area contributed by atoms with Crippen LogP contribution in [0.5, 0.6) is 0 Å². The van der Waals surface area contributed by atoms with Gasteiger partial charge in [0, 0.05) is 23.4 Å². The first kappa shape index (κ1) is 11.3. The zero-order valence-corrected chi connectivity index (χ0v) is 10.7. The lowest BCUT2D eigenvalue weighted by Crippen LogP contribution is -1.99. The molecule has 0 saturated heterocycles. The van der Waals surface area contributed by atoms with Crippen LogP contribution in [0, 0.1) is 0 Å². The van der Waals surface area contributed by atoms with E-state index in [1.54, 1.807) is 11.3 Å². The van der Waals surface area contributed by atoms with Crippen molar-refractivity contribution in [3.8, 4) is 0 Å². The molecule has 0 amide bonds. The molecular formula is C12H17N3S. The molecule has 2 aromatic rings. The molecule has 86 valence electrons. The number of rotatable bonds is 4. The second-order valence-electron chi connectivity index (χ2n) is 4.45. The maximum atomic E-state index is 4.58. The molecule has 4 heteroatoms. The lowest BCUT2D eigenvalue weighted by Gasteiger charge is -2.05. The Balaban J connectivity index is 2.03. The Kier molecular flexibility index (Phi) is 3.39. The molecule has 0 bridgehead atoms. The summed E-state index contributed by atoms with van der Waals surface area (Å²) in [5, 5.41) is 2.11. The number of hydrogen-bond donors (Lipinski definition) is 1. The van der Waals surface area contributed by atoms with Crippen LogP contribution in [-0.2, 0) is 6.42 Å². The molecule has 16 heavy (non-hydrogen) atoms. The lowest BCUT2D eigenvalue weighted by atomic mass is 10.0. The molecule has 0 aromatic carbocycles. The Morgan fingerprint density at radius 3 is 2.75 bits per heavy atom. The van der Waals surface area contributed by atoms with Crippen molar-refractivity contribution in [3.63, 3.8) is 0 Å². The molecule has 0 fully saturated rings. The number of aromatic nitrogens is 3. The number of H-pyrrole nitrogens is 1. The van der Waals surface area contributed by atoms with Crippen LogP contribution >= 0.6 is 11.3 Å². The van der Waals surface area contributed by atoms with Crippen molar-refractivity contribution in [1.29, 1.82) is 0 Å². The van der Waals surface area contributed by atoms with E-state index in [0.717, 1.165) is 17.9 Å². The monoisotopic (exact) mass is 235 g/mol. The Hall–Kier alpha value is -1.16. The molecule has 0 saturated carbocycles. The quantitative estimate of drug-likeness (QED) is 0.883. The zero-order chi connectivity index (χ0) is 11.5. The summed E-state index contributed by atoms with van der Waals surface area (Å²) in [7, 11) is 0. The summed E-state index contributed by atoms with van der Waals surface area (Å²) in [5.41, 5.74) is 4.18. The second kappa shape index (κ2) is 4.78. The van der Waals surface area contributed by atoms with E-state index in [2.05, 4.69) is 41.1 Å². The SMILES string of the molecule is CC(C)c1nc(CC(C)c2cscn2)c[nH]1. The van der Waals surface area contributed by atoms with Crippen LogP contribution in [0.2, 0.25) is 0 Å². The number of imidazole rings is 1. The van der Waals surface area contributed by atoms with E-state index < -0.39 is 0 Å². The molecule has 0 radical (unpaired) electrons. The standard InChI is InChI=1S/C12H17N3S/c1-8(2)12-13-5-10(15-12)4-9(3)11-6-16-7-14-11/h5-9H,4H2,1-3H3,(H,13,15). The van der Waals surface area contributed by atoms with E-state index in [1.807, 2.05) is 11.7 Å². The summed E-state index contributed by atoms with van der Waals surface area (Å²) in [5.74, 6) is 1.97. The molecule has 0 aliphatic rings. The van der Waals surface area contributed by atoms with E-state index in [9.17, 15) is 0 Å². The molecule has 2 rings (SSSR count). The van der Waals surface area contributed by atoms with E-state index in [4.69, 9.17) is 0 Å². The van der Waals surface area contributed by atoms with Crippen LogP contribution < -0.4 is 0 Å². The summed E-state index contributed by atoms with van der Waals surface area (Å²) in [6, 6.07) is 0. The Labute approximate surface area is 100.0 Å². The third-order valence-electron chi connectivity index (χ3n) is 2.67. The minimum Gasteiger partial charge on any atom is -0.348 e. The van der Waals surface area contributed by atoms with Crippen LogP contribution in [0.3, 0.4) is 0 Å². The van der Waals surface area contributed by atoms with Crippen molar-refractivity contribution in [3.05, 3.63) is 34.3 Å². The van der Waals surface area contributed by atoms with Gasteiger partial charge in [0.15, 0.2) is 0 Å². The van der Waals surface area contributed by atoms with Gasteiger partial charge in [-0.05, 0) is 6.42 Å². The number of hydrogen-bond acceptors (Lipinski definition) is 3. The number of nitrogens with one attached hydrogen (secondary N) is 1. The topological polar surface area (TPSA) is 41.6 Å². The average Bonchev–Trinajstić information content (AvgIpc) is 2.87. The first-order valence-electron chi connectivity index (χ1n) is 5.59. The highest BCUT2D eigenvalue weighted by molar-refractivity contribution is 7.07. The molecule has 3 nitrogen and oxygen atoms in total. The van der Waals surface area contributed by atoms with Crippen LogP contribution in [0.1, 0.15) is 49.8 Å². The van der Waals surface area contributed by atoms with E-state index >= 15 is 0 Å². The van der Waals surface area contributed by atoms with Gasteiger partial charge in [0.2, 0.25) is 0 Å². The van der Waals surface area contributed by atoms with Gasteiger partial charge in [-0.25, -0.2) is 9.97 Å². The predicted octanol–water partition coefficient (Wildman–Crippen LogP) is 3.34. The van der Waals surface area contributed by atoms with Crippen LogP contribution in [-0.4, -0.2) is 15.0 Å². The molecule has 0 aliphatic carbocycles. The van der Waals surface area contributed by atoms with Gasteiger partial charge in [0.05, 0.1) is 16.9 Å². The first-order chi connectivity index (χ1) is 7.66. The van der Waals surface area contributed by atoms with Crippen molar-refractivity contribution in [2.75, 3.05) is 0 Å². The molecule has 1 unspecified atom stereocenters. The maximum Gasteiger partial charge on any atom is 0.108 e. The molecule has 0 spiro atoms. The van der Waals surface area contributed by atoms with Gasteiger partial charge in [-0.1, -0.05) is 20.8 Å². The number of aromatic amines is 1. The fourth-order valence-electron chi connectivity index (χ4n) is 1.66. The van der Waals surface area contributed by atoms with Crippen molar-refractivity contribution in [1.82, 2.24) is 15.0 Å². The van der Waals surface area contributed by atoms with Gasteiger partial charge in [-0.2, -0.15) is 0 Å². The largest absolute Gasteiger partial charge is 0.348 e. The van der Waals surface area contributed by atoms with Gasteiger partial charge >= 0.3 is 0 Å². The van der Waals surface area contributed by atoms with Gasteiger partial charge in [0.1, 0.15) is 5.82 Å². The van der Waals surface area contributed by atoms with Gasteiger partial charge < -0.3 is 4.98 Å². The molecule has 1 N–H and O–H groups in total. The number of thiazole rings is 1. The van der Waals surface area contributed by atoms with Gasteiger partial charge in [0.25, 0.3) is 0 Å². The summed E-state index contributed by atoms with van der Waals surface area (Å²) in [4.78, 5) is 12.1. The fraction of sp³-hybridized carbons (Fsp3) is 0.500. The fourth-order valence-corrected chi connectivity index (χ4v) is 2.34. The molecule has 0 aliphatic heterocycles. The zero-order valence-electron chi connectivity index (χ0n) is 9.90. The Bertz CT molecular complexity index is 431. The maximum absolute atomic E-state index is 4.58. The second-order valence-corrected chi connectivity index (χ2v) is 5.17. The van der Waals surface area contributed by atoms with Crippen LogP contribution in [0.15, 0.2) is 17.1 Å². The average molecular weight is 235 g/mol. The highest BCUT2D eigenvalue weighted by Crippen LogP contribution is 2.20. The van der Waals surface area contributed by atoms with Crippen molar-refractivity contribution < 1.29 is 0 Å². The summed E-state index contributed by atoms with van der Waals surface area (Å²) < 4.78 is 0. The summed E-state index contributed by atoms with van der Waals surface area (Å²) >= 11 is 1.65. The van der Waals surface area contributed by atoms with Crippen LogP contribution in [0.4, 0.5) is 0 Å². The smallest absolute Gasteiger partial charge is 0.108 e. The first-order valence-corrected chi connectivity index (χ1v) is 6.53. The van der Waals surface area contributed by atoms with Crippen molar-refractivity contribution >= 4 is 11.3 Å². The third kappa shape index (κ3) is 2.50. The molecular weight excluding hydrogens is 218 g/mol. The van der Waals surface area contributed by atoms with E-state index in [-0.39, 0.29) is 0 Å². The Morgan fingerprint density at radius 2 is 2.19 bits per heavy atom. The third-order valence-corrected chi connectivity index (χ3v) is 3.27. The van der Waals surface area contributed by atoms with Crippen LogP contribution in [0.25, 0.3) is 0 Å². The van der Waals surface area contributed by atoms with Gasteiger partial charge in [-0.3, -0.25) is 0 Å². The summed E-state index contributed by atoms with van der Waals surface area (Å²) in [6.45, 7) is 6.48. The molecule has 2 heterocycles. The van der Waals surface area contributed by atoms with Crippen molar-refractivity contribution in [2.24, 2.45) is 0 Å². The molecule has 1 atom stereocenters. The number of nitrogens with zero attached hydrogens (tertiary/aromatic N) is 2. The summed E-state index contributed by atoms with van der Waals surface area (Å²) in [6.07, 6.45) is 2.96. The van der Waals surface area contributed by atoms with E-state index in [0.29, 0.717) is 11.8 Å². The lowest BCUT2D eigenvalue weighted by molar-refractivity contribution is 0.716. The normalized spacial score (nSPS) is 13.2.